The van der Waals surface area contributed by atoms with Crippen molar-refractivity contribution >= 4 is 62.0 Å². The van der Waals surface area contributed by atoms with E-state index in [9.17, 15) is 14.4 Å². The Bertz CT molecular complexity index is 1230. The average Bonchev–Trinajstić information content (AvgIpc) is 3.13. The summed E-state index contributed by atoms with van der Waals surface area (Å²) in [5.74, 6) is 1.22. The fourth-order valence-electron chi connectivity index (χ4n) is 3.55. The van der Waals surface area contributed by atoms with Crippen molar-refractivity contribution in [3.05, 3.63) is 64.3 Å². The van der Waals surface area contributed by atoms with Crippen LogP contribution in [0.1, 0.15) is 21.6 Å². The van der Waals surface area contributed by atoms with E-state index in [4.69, 9.17) is 25.8 Å². The molecule has 1 N–H and O–H groups in total. The number of hydrogen-bond donors (Lipinski definition) is 1. The van der Waals surface area contributed by atoms with Crippen LogP contribution in [0.3, 0.4) is 0 Å². The summed E-state index contributed by atoms with van der Waals surface area (Å²) in [6.07, 6.45) is -0.925. The molecule has 2 aromatic carbocycles. The van der Waals surface area contributed by atoms with Crippen LogP contribution in [0.25, 0.3) is 10.9 Å². The number of nitrogens with zero attached hydrogens (tertiary/aromatic N) is 1. The van der Waals surface area contributed by atoms with Gasteiger partial charge in [-0.3, -0.25) is 19.5 Å². The Hall–Kier alpha value is -2.66. The number of halogens is 1. The van der Waals surface area contributed by atoms with E-state index in [1.54, 1.807) is 89.8 Å². The normalized spacial score (nSPS) is 10.9. The number of carbonyl (C=O) groups is 3. The average molecular weight is 551 g/mol. The molecule has 36 heavy (non-hydrogen) atoms. The Kier molecular flexibility index (Phi) is 10.5. The minimum atomic E-state index is -0.807. The van der Waals surface area contributed by atoms with E-state index < -0.39 is 12.0 Å². The van der Waals surface area contributed by atoms with Crippen LogP contribution in [-0.2, 0) is 20.7 Å². The van der Waals surface area contributed by atoms with Crippen LogP contribution in [0.2, 0.25) is 5.02 Å². The maximum atomic E-state index is 13.4. The van der Waals surface area contributed by atoms with Gasteiger partial charge in [0.05, 0.1) is 25.7 Å². The van der Waals surface area contributed by atoms with Crippen LogP contribution >= 0.6 is 33.2 Å². The summed E-state index contributed by atoms with van der Waals surface area (Å²) in [4.78, 5) is 38.1. The fraction of sp³-hybridized carbons (Fsp3) is 0.320. The highest BCUT2D eigenvalue weighted by Crippen LogP contribution is 2.31. The molecule has 1 aromatic heterocycles. The van der Waals surface area contributed by atoms with E-state index >= 15 is 0 Å². The third-order valence-corrected chi connectivity index (χ3v) is 7.85. The van der Waals surface area contributed by atoms with Crippen molar-refractivity contribution in [3.63, 3.8) is 0 Å². The molecule has 0 aliphatic heterocycles. The second-order valence-corrected chi connectivity index (χ2v) is 10.7. The molecule has 0 atom stereocenters. The molecule has 0 spiro atoms. The number of imide groups is 1. The summed E-state index contributed by atoms with van der Waals surface area (Å²) in [7, 11) is 6.37. The lowest BCUT2D eigenvalue weighted by molar-refractivity contribution is -0.119. The van der Waals surface area contributed by atoms with Gasteiger partial charge in [-0.15, -0.1) is 0 Å². The van der Waals surface area contributed by atoms with Crippen molar-refractivity contribution in [2.45, 2.75) is 13.3 Å². The number of fused-ring (bicyclic) bond motifs is 1. The Labute approximate surface area is 222 Å². The quantitative estimate of drug-likeness (QED) is 0.259. The first-order valence-corrected chi connectivity index (χ1v) is 13.9. The molecule has 0 fully saturated rings. The number of amides is 2. The third kappa shape index (κ3) is 7.19. The Balaban J connectivity index is 1.74. The molecule has 0 aliphatic rings. The summed E-state index contributed by atoms with van der Waals surface area (Å²) >= 11 is 5.97. The summed E-state index contributed by atoms with van der Waals surface area (Å²) in [5.41, 5.74) is 2.28. The van der Waals surface area contributed by atoms with Gasteiger partial charge in [0.25, 0.3) is 5.91 Å². The van der Waals surface area contributed by atoms with E-state index in [2.05, 4.69) is 5.32 Å². The van der Waals surface area contributed by atoms with Crippen LogP contribution in [0.4, 0.5) is 4.79 Å². The summed E-state index contributed by atoms with van der Waals surface area (Å²) in [6.45, 7) is 2.59. The van der Waals surface area contributed by atoms with Gasteiger partial charge < -0.3 is 14.2 Å². The van der Waals surface area contributed by atoms with Crippen LogP contribution < -0.4 is 10.1 Å². The highest BCUT2D eigenvalue weighted by atomic mass is 35.5. The molecule has 0 unspecified atom stereocenters. The zero-order valence-corrected chi connectivity index (χ0v) is 22.6. The molecule has 0 saturated heterocycles. The van der Waals surface area contributed by atoms with E-state index in [0.29, 0.717) is 50.9 Å². The minimum absolute atomic E-state index is 0.118. The number of nitrogens with one attached hydrogen (secondary N) is 1. The molecule has 3 aromatic rings. The maximum Gasteiger partial charge on any atom is 0.413 e. The van der Waals surface area contributed by atoms with Crippen LogP contribution in [0.15, 0.2) is 42.5 Å². The number of alkyl carbamates (subject to hydrolysis) is 1. The monoisotopic (exact) mass is 550 g/mol. The Morgan fingerprint density at radius 3 is 2.36 bits per heavy atom. The van der Waals surface area contributed by atoms with Gasteiger partial charge in [-0.25, -0.2) is 4.79 Å². The van der Waals surface area contributed by atoms with Crippen molar-refractivity contribution in [1.29, 1.82) is 0 Å². The van der Waals surface area contributed by atoms with E-state index in [-0.39, 0.29) is 18.9 Å². The smallest absolute Gasteiger partial charge is 0.413 e. The summed E-state index contributed by atoms with van der Waals surface area (Å²) in [5, 5.41) is 3.47. The summed E-state index contributed by atoms with van der Waals surface area (Å²) in [6, 6.07) is 11.9. The zero-order valence-electron chi connectivity index (χ0n) is 20.2. The largest absolute Gasteiger partial charge is 0.497 e. The van der Waals surface area contributed by atoms with Gasteiger partial charge in [0, 0.05) is 40.3 Å². The molecule has 0 radical (unpaired) electrons. The van der Waals surface area contributed by atoms with E-state index in [0.717, 1.165) is 5.75 Å². The van der Waals surface area contributed by atoms with Crippen molar-refractivity contribution < 1.29 is 28.6 Å². The van der Waals surface area contributed by atoms with Gasteiger partial charge in [0.2, 0.25) is 5.91 Å². The topological polar surface area (TPSA) is 95.9 Å². The highest BCUT2D eigenvalue weighted by molar-refractivity contribution is 8.76. The molecule has 2 amide bonds. The van der Waals surface area contributed by atoms with Gasteiger partial charge >= 0.3 is 6.09 Å². The lowest BCUT2D eigenvalue weighted by Gasteiger charge is -2.08. The predicted octanol–water partition coefficient (Wildman–Crippen LogP) is 5.12. The predicted molar refractivity (Wildman–Crippen MR) is 144 cm³/mol. The molecule has 1 heterocycles. The van der Waals surface area contributed by atoms with Crippen molar-refractivity contribution in [1.82, 2.24) is 9.88 Å². The molecular formula is C25H27ClN2O6S2. The Morgan fingerprint density at radius 1 is 1.00 bits per heavy atom. The Morgan fingerprint density at radius 2 is 1.69 bits per heavy atom. The SMILES string of the molecule is COCCSSCCOC(=O)NC(=O)Cc1c(C)n(C(=O)c2ccc(Cl)cc2)c2ccc(OC)cc12. The summed E-state index contributed by atoms with van der Waals surface area (Å²) < 4.78 is 17.0. The number of rotatable bonds is 11. The van der Waals surface area contributed by atoms with Crippen LogP contribution in [0.5, 0.6) is 5.75 Å². The highest BCUT2D eigenvalue weighted by Gasteiger charge is 2.23. The number of methoxy groups -OCH3 is 2. The van der Waals surface area contributed by atoms with Crippen molar-refractivity contribution in [2.75, 3.05) is 38.9 Å². The number of benzene rings is 2. The molecule has 3 rings (SSSR count). The van der Waals surface area contributed by atoms with Crippen molar-refractivity contribution in [3.8, 4) is 5.75 Å². The standard InChI is InChI=1S/C25H27ClN2O6S2/c1-16-20(15-23(29)27-25(31)34-11-13-36-35-12-10-32-2)21-14-19(33-3)8-9-22(21)28(16)24(30)17-4-6-18(26)7-5-17/h4-9,14H,10-13,15H2,1-3H3,(H,27,29,31). The minimum Gasteiger partial charge on any atom is -0.497 e. The van der Waals surface area contributed by atoms with E-state index in [1.807, 2.05) is 0 Å². The number of hydrogen-bond acceptors (Lipinski definition) is 8. The van der Waals surface area contributed by atoms with Crippen molar-refractivity contribution in [2.24, 2.45) is 0 Å². The number of ether oxygens (including phenoxy) is 3. The fourth-order valence-corrected chi connectivity index (χ4v) is 5.42. The van der Waals surface area contributed by atoms with Gasteiger partial charge in [-0.05, 0) is 55.0 Å². The van der Waals surface area contributed by atoms with Gasteiger partial charge in [-0.2, -0.15) is 0 Å². The van der Waals surface area contributed by atoms with Crippen LogP contribution in [0, 0.1) is 6.92 Å². The zero-order chi connectivity index (χ0) is 26.1. The molecule has 0 aliphatic carbocycles. The maximum absolute atomic E-state index is 13.4. The lowest BCUT2D eigenvalue weighted by Crippen LogP contribution is -2.32. The molecule has 0 bridgehead atoms. The molecule has 192 valence electrons. The first-order chi connectivity index (χ1) is 17.3. The van der Waals surface area contributed by atoms with Gasteiger partial charge in [0.1, 0.15) is 12.4 Å². The third-order valence-electron chi connectivity index (χ3n) is 5.27. The molecule has 11 heteroatoms. The number of aromatic nitrogens is 1. The van der Waals surface area contributed by atoms with Gasteiger partial charge in [0.15, 0.2) is 0 Å². The van der Waals surface area contributed by atoms with Crippen LogP contribution in [-0.4, -0.2) is 61.4 Å². The first kappa shape index (κ1) is 27.9. The second-order valence-electron chi connectivity index (χ2n) is 7.59. The second kappa shape index (κ2) is 13.6. The molecule has 0 saturated carbocycles. The van der Waals surface area contributed by atoms with E-state index in [1.165, 1.54) is 0 Å². The molecule has 8 nitrogen and oxygen atoms in total. The lowest BCUT2D eigenvalue weighted by atomic mass is 10.1. The number of carbonyl (C=O) groups excluding carboxylic acids is 3. The van der Waals surface area contributed by atoms with Gasteiger partial charge in [-0.1, -0.05) is 33.2 Å². The molecular weight excluding hydrogens is 524 g/mol. The first-order valence-electron chi connectivity index (χ1n) is 11.0.